The Morgan fingerprint density at radius 2 is 2.06 bits per heavy atom. The lowest BCUT2D eigenvalue weighted by atomic mass is 10.4. The summed E-state index contributed by atoms with van der Waals surface area (Å²) in [5.74, 6) is -0.570. The third-order valence-electron chi connectivity index (χ3n) is 1.64. The van der Waals surface area contributed by atoms with Crippen molar-refractivity contribution in [2.24, 2.45) is 16.5 Å². The molecule has 0 bridgehead atoms. The Labute approximate surface area is 102 Å². The third kappa shape index (κ3) is 3.72. The maximum Gasteiger partial charge on any atom is 0.435 e. The standard InChI is InChI=1S/C10H11N3O3S/c1-2-5-16-10(15)13-8(11)6-3-4-7(17-6)9(12)14/h2-4H,1,5H2,(H2,12,14)(H2,11,13,15). The first kappa shape index (κ1) is 12.9. The van der Waals surface area contributed by atoms with Gasteiger partial charge in [-0.15, -0.1) is 11.3 Å². The second kappa shape index (κ2) is 5.80. The van der Waals surface area contributed by atoms with E-state index in [1.807, 2.05) is 0 Å². The molecule has 0 aromatic carbocycles. The molecule has 7 heteroatoms. The zero-order valence-corrected chi connectivity index (χ0v) is 9.70. The van der Waals surface area contributed by atoms with Crippen LogP contribution in [-0.4, -0.2) is 24.4 Å². The number of hydrogen-bond donors (Lipinski definition) is 2. The quantitative estimate of drug-likeness (QED) is 0.471. The van der Waals surface area contributed by atoms with E-state index in [0.717, 1.165) is 11.3 Å². The Morgan fingerprint density at radius 1 is 1.41 bits per heavy atom. The van der Waals surface area contributed by atoms with Gasteiger partial charge in [-0.3, -0.25) is 4.79 Å². The van der Waals surface area contributed by atoms with Crippen molar-refractivity contribution in [1.29, 1.82) is 0 Å². The van der Waals surface area contributed by atoms with Gasteiger partial charge in [0.25, 0.3) is 5.91 Å². The molecule has 1 aromatic heterocycles. The molecule has 0 spiro atoms. The second-order valence-corrected chi connectivity index (χ2v) is 3.97. The van der Waals surface area contributed by atoms with Crippen LogP contribution in [0, 0.1) is 0 Å². The number of ether oxygens (including phenoxy) is 1. The summed E-state index contributed by atoms with van der Waals surface area (Å²) in [5, 5.41) is 0. The Hall–Kier alpha value is -2.15. The fraction of sp³-hybridized carbons (Fsp3) is 0.100. The molecule has 0 radical (unpaired) electrons. The van der Waals surface area contributed by atoms with E-state index in [-0.39, 0.29) is 12.4 Å². The predicted molar refractivity (Wildman–Crippen MR) is 65.1 cm³/mol. The molecular weight excluding hydrogens is 242 g/mol. The summed E-state index contributed by atoms with van der Waals surface area (Å²) in [5.41, 5.74) is 10.6. The van der Waals surface area contributed by atoms with Gasteiger partial charge in [0.1, 0.15) is 12.4 Å². The molecular formula is C10H11N3O3S. The van der Waals surface area contributed by atoms with Crippen LogP contribution in [0.15, 0.2) is 29.8 Å². The zero-order valence-electron chi connectivity index (χ0n) is 8.88. The van der Waals surface area contributed by atoms with Gasteiger partial charge >= 0.3 is 6.09 Å². The van der Waals surface area contributed by atoms with Gasteiger partial charge in [-0.1, -0.05) is 12.7 Å². The summed E-state index contributed by atoms with van der Waals surface area (Å²) in [6.07, 6.45) is 0.608. The summed E-state index contributed by atoms with van der Waals surface area (Å²) >= 11 is 1.06. The highest BCUT2D eigenvalue weighted by atomic mass is 32.1. The summed E-state index contributed by atoms with van der Waals surface area (Å²) < 4.78 is 4.63. The second-order valence-electron chi connectivity index (χ2n) is 2.89. The van der Waals surface area contributed by atoms with E-state index in [9.17, 15) is 9.59 Å². The predicted octanol–water partition coefficient (Wildman–Crippen LogP) is 0.875. The molecule has 0 aliphatic carbocycles. The molecule has 4 N–H and O–H groups in total. The van der Waals surface area contributed by atoms with Crippen LogP contribution >= 0.6 is 11.3 Å². The smallest absolute Gasteiger partial charge is 0.435 e. The van der Waals surface area contributed by atoms with E-state index >= 15 is 0 Å². The Bertz CT molecular complexity index is 479. The van der Waals surface area contributed by atoms with Crippen LogP contribution < -0.4 is 11.5 Å². The van der Waals surface area contributed by atoms with Gasteiger partial charge in [0.05, 0.1) is 9.75 Å². The molecule has 1 heterocycles. The van der Waals surface area contributed by atoms with E-state index in [2.05, 4.69) is 16.3 Å². The Balaban J connectivity index is 2.77. The van der Waals surface area contributed by atoms with E-state index in [0.29, 0.717) is 9.75 Å². The molecule has 0 fully saturated rings. The highest BCUT2D eigenvalue weighted by molar-refractivity contribution is 7.16. The monoisotopic (exact) mass is 253 g/mol. The number of nitrogens with zero attached hydrogens (tertiary/aromatic N) is 1. The zero-order chi connectivity index (χ0) is 12.8. The van der Waals surface area contributed by atoms with Crippen LogP contribution in [0.3, 0.4) is 0 Å². The normalized spacial score (nSPS) is 10.9. The average molecular weight is 253 g/mol. The summed E-state index contributed by atoms with van der Waals surface area (Å²) in [7, 11) is 0. The molecule has 90 valence electrons. The summed E-state index contributed by atoms with van der Waals surface area (Å²) in [4.78, 5) is 26.3. The Kier molecular flexibility index (Phi) is 4.41. The molecule has 0 unspecified atom stereocenters. The summed E-state index contributed by atoms with van der Waals surface area (Å²) in [6.45, 7) is 3.45. The molecule has 0 saturated heterocycles. The van der Waals surface area contributed by atoms with Crippen molar-refractivity contribution >= 4 is 29.2 Å². The van der Waals surface area contributed by atoms with E-state index in [1.54, 1.807) is 6.07 Å². The highest BCUT2D eigenvalue weighted by Gasteiger charge is 2.09. The van der Waals surface area contributed by atoms with Crippen molar-refractivity contribution in [3.63, 3.8) is 0 Å². The van der Waals surface area contributed by atoms with E-state index in [1.165, 1.54) is 12.1 Å². The molecule has 0 atom stereocenters. The largest absolute Gasteiger partial charge is 0.444 e. The van der Waals surface area contributed by atoms with Crippen LogP contribution in [0.25, 0.3) is 0 Å². The van der Waals surface area contributed by atoms with E-state index < -0.39 is 12.0 Å². The fourth-order valence-corrected chi connectivity index (χ4v) is 1.68. The van der Waals surface area contributed by atoms with Crippen LogP contribution in [-0.2, 0) is 4.74 Å². The Morgan fingerprint density at radius 3 is 2.59 bits per heavy atom. The summed E-state index contributed by atoms with van der Waals surface area (Å²) in [6, 6.07) is 3.07. The minimum Gasteiger partial charge on any atom is -0.444 e. The number of amides is 2. The minimum absolute atomic E-state index is 0.0171. The van der Waals surface area contributed by atoms with Gasteiger partial charge in [0.15, 0.2) is 0 Å². The molecule has 2 amide bonds. The maximum absolute atomic E-state index is 11.1. The lowest BCUT2D eigenvalue weighted by Gasteiger charge is -1.97. The fourth-order valence-electron chi connectivity index (χ4n) is 0.924. The van der Waals surface area contributed by atoms with Crippen LogP contribution in [0.1, 0.15) is 14.5 Å². The number of amidine groups is 1. The van der Waals surface area contributed by atoms with Gasteiger partial charge in [-0.2, -0.15) is 4.99 Å². The van der Waals surface area contributed by atoms with Crippen LogP contribution in [0.4, 0.5) is 4.79 Å². The number of nitrogens with two attached hydrogens (primary N) is 2. The van der Waals surface area contributed by atoms with Crippen LogP contribution in [0.2, 0.25) is 0 Å². The first-order valence-corrected chi connectivity index (χ1v) is 5.38. The van der Waals surface area contributed by atoms with Gasteiger partial charge in [0.2, 0.25) is 0 Å². The minimum atomic E-state index is -0.809. The lowest BCUT2D eigenvalue weighted by molar-refractivity contribution is 0.100. The van der Waals surface area contributed by atoms with Gasteiger partial charge < -0.3 is 16.2 Å². The van der Waals surface area contributed by atoms with E-state index in [4.69, 9.17) is 11.5 Å². The molecule has 17 heavy (non-hydrogen) atoms. The first-order chi connectivity index (χ1) is 8.04. The topological polar surface area (TPSA) is 108 Å². The number of hydrogen-bond acceptors (Lipinski definition) is 4. The number of rotatable bonds is 4. The van der Waals surface area contributed by atoms with Crippen molar-refractivity contribution in [3.05, 3.63) is 34.5 Å². The van der Waals surface area contributed by atoms with Gasteiger partial charge in [-0.25, -0.2) is 4.79 Å². The van der Waals surface area contributed by atoms with Crippen molar-refractivity contribution in [1.82, 2.24) is 0 Å². The molecule has 1 rings (SSSR count). The molecule has 0 aliphatic rings. The number of aliphatic imine (C=N–C) groups is 1. The van der Waals surface area contributed by atoms with Crippen molar-refractivity contribution < 1.29 is 14.3 Å². The molecule has 0 saturated carbocycles. The molecule has 0 aliphatic heterocycles. The van der Waals surface area contributed by atoms with Gasteiger partial charge in [0, 0.05) is 0 Å². The molecule has 6 nitrogen and oxygen atoms in total. The SMILES string of the molecule is C=CCOC(=O)N=C(N)c1ccc(C(N)=O)s1. The van der Waals surface area contributed by atoms with Crippen molar-refractivity contribution in [2.75, 3.05) is 6.61 Å². The number of primary amides is 1. The first-order valence-electron chi connectivity index (χ1n) is 4.56. The van der Waals surface area contributed by atoms with Crippen molar-refractivity contribution in [2.45, 2.75) is 0 Å². The van der Waals surface area contributed by atoms with Crippen LogP contribution in [0.5, 0.6) is 0 Å². The number of carbonyl (C=O) groups excluding carboxylic acids is 2. The maximum atomic E-state index is 11.1. The average Bonchev–Trinajstić information content (AvgIpc) is 2.75. The van der Waals surface area contributed by atoms with Crippen molar-refractivity contribution in [3.8, 4) is 0 Å². The number of carbonyl (C=O) groups is 2. The van der Waals surface area contributed by atoms with Gasteiger partial charge in [-0.05, 0) is 12.1 Å². The lowest BCUT2D eigenvalue weighted by Crippen LogP contribution is -2.15. The molecule has 1 aromatic rings. The highest BCUT2D eigenvalue weighted by Crippen LogP contribution is 2.15. The number of thiophene rings is 1. The third-order valence-corrected chi connectivity index (χ3v) is 2.76.